The quantitative estimate of drug-likeness (QED) is 0.374. The second-order valence-electron chi connectivity index (χ2n) is 7.17. The Balaban J connectivity index is 0.00000288. The Hall–Kier alpha value is -0.0900. The molecule has 24 heavy (non-hydrogen) atoms. The van der Waals surface area contributed by atoms with Gasteiger partial charge in [0.05, 0.1) is 11.5 Å². The lowest BCUT2D eigenvalue weighted by atomic mass is 10.00. The van der Waals surface area contributed by atoms with Gasteiger partial charge in [-0.25, -0.2) is 8.42 Å². The van der Waals surface area contributed by atoms with Crippen LogP contribution in [-0.2, 0) is 14.6 Å². The molecule has 0 aromatic carbocycles. The van der Waals surface area contributed by atoms with E-state index in [9.17, 15) is 8.42 Å². The Morgan fingerprint density at radius 3 is 2.46 bits per heavy atom. The van der Waals surface area contributed by atoms with Crippen LogP contribution in [0.3, 0.4) is 0 Å². The third-order valence-corrected chi connectivity index (χ3v) is 6.32. The zero-order chi connectivity index (χ0) is 16.9. The molecule has 0 spiro atoms. The molecule has 1 N–H and O–H groups in total. The minimum Gasteiger partial charge on any atom is -0.381 e. The molecular weight excluding hydrogens is 441 g/mol. The van der Waals surface area contributed by atoms with Crippen molar-refractivity contribution in [3.63, 3.8) is 0 Å². The van der Waals surface area contributed by atoms with Crippen molar-refractivity contribution in [2.45, 2.75) is 39.2 Å². The number of hydrogen-bond acceptors (Lipinski definition) is 4. The van der Waals surface area contributed by atoms with Crippen molar-refractivity contribution in [1.29, 1.82) is 0 Å². The number of ether oxygens (including phenoxy) is 1. The molecule has 2 heterocycles. The predicted octanol–water partition coefficient (Wildman–Crippen LogP) is 1.75. The van der Waals surface area contributed by atoms with Gasteiger partial charge in [-0.05, 0) is 44.9 Å². The first kappa shape index (κ1) is 22.0. The normalized spacial score (nSPS) is 24.7. The molecule has 2 fully saturated rings. The molecule has 142 valence electrons. The van der Waals surface area contributed by atoms with Crippen molar-refractivity contribution < 1.29 is 13.2 Å². The maximum Gasteiger partial charge on any atom is 0.193 e. The number of aliphatic imine (C=N–C) groups is 1. The van der Waals surface area contributed by atoms with Crippen molar-refractivity contribution in [1.82, 2.24) is 10.2 Å². The molecule has 0 saturated carbocycles. The number of nitrogens with zero attached hydrogens (tertiary/aromatic N) is 2. The highest BCUT2D eigenvalue weighted by molar-refractivity contribution is 14.0. The molecule has 6 nitrogen and oxygen atoms in total. The average molecular weight is 473 g/mol. The summed E-state index contributed by atoms with van der Waals surface area (Å²) in [5, 5.41) is 3.41. The lowest BCUT2D eigenvalue weighted by Gasteiger charge is -2.30. The zero-order valence-corrected chi connectivity index (χ0v) is 18.2. The number of rotatable bonds is 5. The molecule has 8 heteroatoms. The summed E-state index contributed by atoms with van der Waals surface area (Å²) in [7, 11) is -0.762. The third-order valence-electron chi connectivity index (χ3n) is 4.48. The number of guanidine groups is 1. The number of hydrogen-bond donors (Lipinski definition) is 1. The second-order valence-corrected chi connectivity index (χ2v) is 9.40. The minimum absolute atomic E-state index is 0. The van der Waals surface area contributed by atoms with E-state index in [0.29, 0.717) is 24.3 Å². The topological polar surface area (TPSA) is 71.0 Å². The van der Waals surface area contributed by atoms with Gasteiger partial charge in [0.2, 0.25) is 0 Å². The molecule has 2 rings (SSSR count). The number of sulfone groups is 1. The Kier molecular flexibility index (Phi) is 9.29. The van der Waals surface area contributed by atoms with Gasteiger partial charge in [-0.3, -0.25) is 4.99 Å². The summed E-state index contributed by atoms with van der Waals surface area (Å²) < 4.78 is 28.6. The summed E-state index contributed by atoms with van der Waals surface area (Å²) in [6, 6.07) is 0.304. The molecule has 0 aromatic rings. The second kappa shape index (κ2) is 10.2. The molecule has 2 aliphatic rings. The van der Waals surface area contributed by atoms with E-state index < -0.39 is 9.84 Å². The van der Waals surface area contributed by atoms with E-state index in [2.05, 4.69) is 31.1 Å². The van der Waals surface area contributed by atoms with Crippen LogP contribution in [0.15, 0.2) is 4.99 Å². The summed E-state index contributed by atoms with van der Waals surface area (Å²) in [4.78, 5) is 6.89. The van der Waals surface area contributed by atoms with Crippen LogP contribution in [-0.4, -0.2) is 70.2 Å². The fourth-order valence-corrected chi connectivity index (χ4v) is 5.02. The summed E-state index contributed by atoms with van der Waals surface area (Å²) in [5.41, 5.74) is 0. The standard InChI is InChI=1S/C16H31N3O3S.HI/c1-13(2)18-16(17-10-15-6-9-23(20,21)12-15)19(3)11-14-4-7-22-8-5-14;/h13-15H,4-12H2,1-3H3,(H,17,18);1H. The molecule has 0 radical (unpaired) electrons. The van der Waals surface area contributed by atoms with E-state index in [-0.39, 0.29) is 35.6 Å². The van der Waals surface area contributed by atoms with E-state index >= 15 is 0 Å². The predicted molar refractivity (Wildman–Crippen MR) is 109 cm³/mol. The van der Waals surface area contributed by atoms with Gasteiger partial charge in [0.25, 0.3) is 0 Å². The molecular formula is C16H32IN3O3S. The Morgan fingerprint density at radius 2 is 1.92 bits per heavy atom. The van der Waals surface area contributed by atoms with Gasteiger partial charge in [0, 0.05) is 39.4 Å². The highest BCUT2D eigenvalue weighted by Gasteiger charge is 2.28. The Morgan fingerprint density at radius 1 is 1.25 bits per heavy atom. The molecule has 1 unspecified atom stereocenters. The first-order chi connectivity index (χ1) is 10.9. The third kappa shape index (κ3) is 7.43. The zero-order valence-electron chi connectivity index (χ0n) is 15.0. The average Bonchev–Trinajstić information content (AvgIpc) is 2.83. The first-order valence-electron chi connectivity index (χ1n) is 8.66. The van der Waals surface area contributed by atoms with Gasteiger partial charge in [-0.15, -0.1) is 24.0 Å². The van der Waals surface area contributed by atoms with Crippen molar-refractivity contribution in [2.75, 3.05) is 44.9 Å². The van der Waals surface area contributed by atoms with E-state index in [1.165, 1.54) is 0 Å². The molecule has 0 bridgehead atoms. The van der Waals surface area contributed by atoms with Crippen LogP contribution in [0.2, 0.25) is 0 Å². The molecule has 0 amide bonds. The molecule has 0 aliphatic carbocycles. The van der Waals surface area contributed by atoms with E-state index in [1.807, 2.05) is 0 Å². The van der Waals surface area contributed by atoms with E-state index in [4.69, 9.17) is 9.73 Å². The van der Waals surface area contributed by atoms with Crippen LogP contribution in [0.5, 0.6) is 0 Å². The van der Waals surface area contributed by atoms with Gasteiger partial charge >= 0.3 is 0 Å². The molecule has 2 saturated heterocycles. The van der Waals surface area contributed by atoms with Gasteiger partial charge in [-0.2, -0.15) is 0 Å². The van der Waals surface area contributed by atoms with Crippen LogP contribution >= 0.6 is 24.0 Å². The van der Waals surface area contributed by atoms with Crippen LogP contribution in [0.1, 0.15) is 33.1 Å². The lowest BCUT2D eigenvalue weighted by molar-refractivity contribution is 0.0609. The molecule has 1 atom stereocenters. The summed E-state index contributed by atoms with van der Waals surface area (Å²) in [6.45, 7) is 7.44. The van der Waals surface area contributed by atoms with Gasteiger partial charge < -0.3 is 15.0 Å². The van der Waals surface area contributed by atoms with Crippen molar-refractivity contribution in [3.05, 3.63) is 0 Å². The maximum absolute atomic E-state index is 11.6. The number of nitrogens with one attached hydrogen (secondary N) is 1. The Bertz CT molecular complexity index is 505. The van der Waals surface area contributed by atoms with Gasteiger partial charge in [0.1, 0.15) is 0 Å². The fourth-order valence-electron chi connectivity index (χ4n) is 3.17. The summed E-state index contributed by atoms with van der Waals surface area (Å²) in [5.74, 6) is 2.30. The van der Waals surface area contributed by atoms with Gasteiger partial charge in [0.15, 0.2) is 15.8 Å². The lowest BCUT2D eigenvalue weighted by Crippen LogP contribution is -2.45. The van der Waals surface area contributed by atoms with E-state index in [1.54, 1.807) is 0 Å². The Labute approximate surface area is 163 Å². The first-order valence-corrected chi connectivity index (χ1v) is 10.5. The molecule has 0 aromatic heterocycles. The largest absolute Gasteiger partial charge is 0.381 e. The molecule has 2 aliphatic heterocycles. The summed E-state index contributed by atoms with van der Waals surface area (Å²) >= 11 is 0. The highest BCUT2D eigenvalue weighted by atomic mass is 127. The fraction of sp³-hybridized carbons (Fsp3) is 0.938. The van der Waals surface area contributed by atoms with Crippen molar-refractivity contribution in [2.24, 2.45) is 16.8 Å². The smallest absolute Gasteiger partial charge is 0.193 e. The van der Waals surface area contributed by atoms with Crippen LogP contribution < -0.4 is 5.32 Å². The van der Waals surface area contributed by atoms with Crippen molar-refractivity contribution >= 4 is 39.8 Å². The maximum atomic E-state index is 11.6. The van der Waals surface area contributed by atoms with Crippen LogP contribution in [0.4, 0.5) is 0 Å². The summed E-state index contributed by atoms with van der Waals surface area (Å²) in [6.07, 6.45) is 2.94. The van der Waals surface area contributed by atoms with Crippen LogP contribution in [0.25, 0.3) is 0 Å². The minimum atomic E-state index is -2.83. The van der Waals surface area contributed by atoms with Gasteiger partial charge in [-0.1, -0.05) is 0 Å². The van der Waals surface area contributed by atoms with Crippen LogP contribution in [0, 0.1) is 11.8 Å². The SMILES string of the molecule is CC(C)NC(=NCC1CCS(=O)(=O)C1)N(C)CC1CCOCC1.I. The van der Waals surface area contributed by atoms with E-state index in [0.717, 1.165) is 45.0 Å². The number of halogens is 1. The van der Waals surface area contributed by atoms with Crippen molar-refractivity contribution in [3.8, 4) is 0 Å². The monoisotopic (exact) mass is 473 g/mol. The highest BCUT2D eigenvalue weighted by Crippen LogP contribution is 2.19.